The summed E-state index contributed by atoms with van der Waals surface area (Å²) in [6.45, 7) is 3.86. The van der Waals surface area contributed by atoms with Gasteiger partial charge in [0.15, 0.2) is 0 Å². The van der Waals surface area contributed by atoms with Gasteiger partial charge in [-0.05, 0) is 62.5 Å². The Labute approximate surface area is 155 Å². The fourth-order valence-corrected chi connectivity index (χ4v) is 3.60. The van der Waals surface area contributed by atoms with Crippen molar-refractivity contribution < 1.29 is 13.9 Å². The number of ether oxygens (including phenoxy) is 1. The smallest absolute Gasteiger partial charge is 0.341 e. The van der Waals surface area contributed by atoms with E-state index in [2.05, 4.69) is 10.3 Å². The van der Waals surface area contributed by atoms with Gasteiger partial charge >= 0.3 is 5.97 Å². The van der Waals surface area contributed by atoms with Crippen LogP contribution in [0.3, 0.4) is 0 Å². The Kier molecular flexibility index (Phi) is 4.53. The maximum absolute atomic E-state index is 13.1. The third-order valence-electron chi connectivity index (χ3n) is 5.02. The molecule has 4 rings (SSSR count). The molecule has 1 aliphatic rings. The summed E-state index contributed by atoms with van der Waals surface area (Å²) >= 11 is 0. The third-order valence-corrected chi connectivity index (χ3v) is 5.02. The van der Waals surface area contributed by atoms with Crippen molar-refractivity contribution in [3.05, 3.63) is 45.6 Å². The summed E-state index contributed by atoms with van der Waals surface area (Å²) in [7, 11) is 0. The average Bonchev–Trinajstić information content (AvgIpc) is 2.68. The van der Waals surface area contributed by atoms with Gasteiger partial charge in [-0.2, -0.15) is 4.98 Å². The maximum Gasteiger partial charge on any atom is 0.341 e. The number of benzene rings is 1. The lowest BCUT2D eigenvalue weighted by molar-refractivity contribution is 0.0527. The number of piperidine rings is 1. The minimum atomic E-state index is -0.604. The van der Waals surface area contributed by atoms with Gasteiger partial charge in [-0.1, -0.05) is 6.07 Å². The Balaban J connectivity index is 1.88. The molecule has 0 unspecified atom stereocenters. The molecule has 2 aromatic heterocycles. The number of esters is 1. The van der Waals surface area contributed by atoms with Crippen LogP contribution in [-0.4, -0.2) is 30.6 Å². The van der Waals surface area contributed by atoms with Gasteiger partial charge in [0.25, 0.3) is 0 Å². The second-order valence-corrected chi connectivity index (χ2v) is 6.71. The summed E-state index contributed by atoms with van der Waals surface area (Å²) in [5.41, 5.74) is 7.41. The highest BCUT2D eigenvalue weighted by Crippen LogP contribution is 2.28. The number of carbonyl (C=O) groups is 1. The number of hydrogen-bond acceptors (Lipinski definition) is 7. The van der Waals surface area contributed by atoms with Crippen LogP contribution in [0.4, 0.5) is 5.82 Å². The van der Waals surface area contributed by atoms with Crippen LogP contribution in [-0.2, 0) is 4.74 Å². The van der Waals surface area contributed by atoms with Crippen molar-refractivity contribution in [2.45, 2.75) is 25.7 Å². The zero-order chi connectivity index (χ0) is 19.0. The molecular weight excluding hydrogens is 346 g/mol. The van der Waals surface area contributed by atoms with Crippen LogP contribution >= 0.6 is 0 Å². The molecule has 0 atom stereocenters. The van der Waals surface area contributed by atoms with Crippen LogP contribution < -0.4 is 16.5 Å². The first kappa shape index (κ1) is 17.5. The average molecular weight is 367 g/mol. The van der Waals surface area contributed by atoms with E-state index >= 15 is 0 Å². The van der Waals surface area contributed by atoms with Crippen molar-refractivity contribution in [1.82, 2.24) is 10.3 Å². The number of rotatable bonds is 3. The van der Waals surface area contributed by atoms with Crippen LogP contribution in [0.25, 0.3) is 22.1 Å². The van der Waals surface area contributed by atoms with Gasteiger partial charge in [-0.15, -0.1) is 0 Å². The molecule has 0 spiro atoms. The largest absolute Gasteiger partial charge is 0.462 e. The van der Waals surface area contributed by atoms with Crippen LogP contribution in [0, 0.1) is 0 Å². The molecule has 1 aliphatic heterocycles. The Hall–Kier alpha value is -2.93. The SMILES string of the molecule is CCOC(=O)c1cc2c(=O)c3cc(C4CCNCC4)ccc3oc2nc1N. The Morgan fingerprint density at radius 3 is 2.81 bits per heavy atom. The molecule has 3 aromatic rings. The van der Waals surface area contributed by atoms with Gasteiger partial charge < -0.3 is 20.2 Å². The first-order valence-corrected chi connectivity index (χ1v) is 9.13. The lowest BCUT2D eigenvalue weighted by Crippen LogP contribution is -2.26. The zero-order valence-corrected chi connectivity index (χ0v) is 15.1. The molecule has 3 N–H and O–H groups in total. The number of pyridine rings is 1. The highest BCUT2D eigenvalue weighted by Gasteiger charge is 2.20. The Morgan fingerprint density at radius 1 is 1.30 bits per heavy atom. The summed E-state index contributed by atoms with van der Waals surface area (Å²) in [6, 6.07) is 7.13. The zero-order valence-electron chi connectivity index (χ0n) is 15.1. The predicted molar refractivity (Wildman–Crippen MR) is 103 cm³/mol. The molecule has 7 heteroatoms. The van der Waals surface area contributed by atoms with Crippen LogP contribution in [0.2, 0.25) is 0 Å². The van der Waals surface area contributed by atoms with Gasteiger partial charge in [-0.25, -0.2) is 4.79 Å². The van der Waals surface area contributed by atoms with E-state index in [9.17, 15) is 9.59 Å². The van der Waals surface area contributed by atoms with E-state index in [1.807, 2.05) is 18.2 Å². The number of aromatic nitrogens is 1. The van der Waals surface area contributed by atoms with Crippen molar-refractivity contribution in [3.8, 4) is 0 Å². The monoisotopic (exact) mass is 367 g/mol. The molecule has 0 radical (unpaired) electrons. The van der Waals surface area contributed by atoms with Gasteiger partial charge in [0.1, 0.15) is 17.0 Å². The number of hydrogen-bond donors (Lipinski definition) is 2. The topological polar surface area (TPSA) is 107 Å². The molecule has 3 heterocycles. The van der Waals surface area contributed by atoms with Crippen molar-refractivity contribution in [3.63, 3.8) is 0 Å². The highest BCUT2D eigenvalue weighted by molar-refractivity contribution is 5.99. The van der Waals surface area contributed by atoms with Gasteiger partial charge in [-0.3, -0.25) is 4.79 Å². The minimum absolute atomic E-state index is 0.0187. The minimum Gasteiger partial charge on any atom is -0.462 e. The van der Waals surface area contributed by atoms with Crippen LogP contribution in [0.5, 0.6) is 0 Å². The van der Waals surface area contributed by atoms with E-state index in [4.69, 9.17) is 14.9 Å². The van der Waals surface area contributed by atoms with Crippen LogP contribution in [0.15, 0.2) is 33.5 Å². The van der Waals surface area contributed by atoms with Crippen molar-refractivity contribution in [2.24, 2.45) is 0 Å². The van der Waals surface area contributed by atoms with E-state index in [0.29, 0.717) is 16.9 Å². The molecular formula is C20H21N3O4. The Bertz CT molecular complexity index is 1080. The van der Waals surface area contributed by atoms with E-state index in [1.165, 1.54) is 6.07 Å². The number of fused-ring (bicyclic) bond motifs is 2. The van der Waals surface area contributed by atoms with E-state index in [-0.39, 0.29) is 34.5 Å². The number of nitrogens with zero attached hydrogens (tertiary/aromatic N) is 1. The molecule has 1 aromatic carbocycles. The quantitative estimate of drug-likeness (QED) is 0.541. The number of nitrogen functional groups attached to an aromatic ring is 1. The van der Waals surface area contributed by atoms with Gasteiger partial charge in [0.05, 0.1) is 17.4 Å². The van der Waals surface area contributed by atoms with Gasteiger partial charge in [0.2, 0.25) is 11.1 Å². The molecule has 140 valence electrons. The first-order chi connectivity index (χ1) is 13.1. The molecule has 0 bridgehead atoms. The molecule has 0 saturated carbocycles. The Morgan fingerprint density at radius 2 is 2.07 bits per heavy atom. The van der Waals surface area contributed by atoms with E-state index < -0.39 is 5.97 Å². The fraction of sp³-hybridized carbons (Fsp3) is 0.350. The van der Waals surface area contributed by atoms with Crippen molar-refractivity contribution in [2.75, 3.05) is 25.4 Å². The summed E-state index contributed by atoms with van der Waals surface area (Å²) in [4.78, 5) is 29.2. The second kappa shape index (κ2) is 7.00. The first-order valence-electron chi connectivity index (χ1n) is 9.13. The normalized spacial score (nSPS) is 15.3. The number of anilines is 1. The summed E-state index contributed by atoms with van der Waals surface area (Å²) in [5.74, 6) is -0.201. The third kappa shape index (κ3) is 3.14. The van der Waals surface area contributed by atoms with E-state index in [0.717, 1.165) is 31.5 Å². The number of carbonyl (C=O) groups excluding carboxylic acids is 1. The highest BCUT2D eigenvalue weighted by atomic mass is 16.5. The number of nitrogens with two attached hydrogens (primary N) is 1. The van der Waals surface area contributed by atoms with E-state index in [1.54, 1.807) is 6.92 Å². The summed E-state index contributed by atoms with van der Waals surface area (Å²) in [5, 5.41) is 4.06. The molecule has 0 amide bonds. The lowest BCUT2D eigenvalue weighted by Gasteiger charge is -2.23. The summed E-state index contributed by atoms with van der Waals surface area (Å²) < 4.78 is 10.8. The van der Waals surface area contributed by atoms with Crippen molar-refractivity contribution in [1.29, 1.82) is 0 Å². The molecule has 7 nitrogen and oxygen atoms in total. The predicted octanol–water partition coefficient (Wildman–Crippen LogP) is 2.57. The van der Waals surface area contributed by atoms with Crippen molar-refractivity contribution >= 4 is 33.9 Å². The fourth-order valence-electron chi connectivity index (χ4n) is 3.60. The summed E-state index contributed by atoms with van der Waals surface area (Å²) in [6.07, 6.45) is 2.07. The molecule has 0 aliphatic carbocycles. The maximum atomic E-state index is 13.1. The standard InChI is InChI=1S/C20H21N3O4/c1-2-26-20(25)15-10-14-17(24)13-9-12(11-5-7-22-8-6-11)3-4-16(13)27-19(14)23-18(15)21/h3-4,9-11,22H,2,5-8H2,1H3,(H2,21,23). The van der Waals surface area contributed by atoms with Gasteiger partial charge in [0, 0.05) is 0 Å². The van der Waals surface area contributed by atoms with Crippen LogP contribution in [0.1, 0.15) is 41.6 Å². The lowest BCUT2D eigenvalue weighted by atomic mass is 9.89. The number of nitrogens with one attached hydrogen (secondary N) is 1. The molecule has 1 saturated heterocycles. The molecule has 27 heavy (non-hydrogen) atoms. The second-order valence-electron chi connectivity index (χ2n) is 6.71. The molecule has 1 fully saturated rings.